The van der Waals surface area contributed by atoms with Crippen molar-refractivity contribution in [3.63, 3.8) is 0 Å². The fourth-order valence-electron chi connectivity index (χ4n) is 5.45. The van der Waals surface area contributed by atoms with Gasteiger partial charge in [-0.05, 0) is 66.4 Å². The van der Waals surface area contributed by atoms with Gasteiger partial charge in [0.05, 0.1) is 18.2 Å². The summed E-state index contributed by atoms with van der Waals surface area (Å²) >= 11 is 0. The highest BCUT2D eigenvalue weighted by atomic mass is 16.5. The van der Waals surface area contributed by atoms with Crippen molar-refractivity contribution in [1.82, 2.24) is 5.32 Å². The van der Waals surface area contributed by atoms with E-state index in [2.05, 4.69) is 35.6 Å². The fraction of sp³-hybridized carbons (Fsp3) is 0.323. The first-order chi connectivity index (χ1) is 17.2. The lowest BCUT2D eigenvalue weighted by Gasteiger charge is -2.28. The molecular formula is C31H29NO3. The van der Waals surface area contributed by atoms with Gasteiger partial charge in [-0.3, -0.25) is 4.79 Å². The van der Waals surface area contributed by atoms with E-state index in [4.69, 9.17) is 9.47 Å². The second-order valence-electron chi connectivity index (χ2n) is 10.3. The van der Waals surface area contributed by atoms with Crippen molar-refractivity contribution in [3.8, 4) is 22.6 Å². The van der Waals surface area contributed by atoms with Crippen molar-refractivity contribution in [2.75, 3.05) is 13.2 Å². The van der Waals surface area contributed by atoms with Gasteiger partial charge in [0.2, 0.25) is 0 Å². The predicted molar refractivity (Wildman–Crippen MR) is 137 cm³/mol. The molecule has 176 valence electrons. The van der Waals surface area contributed by atoms with Gasteiger partial charge >= 0.3 is 0 Å². The molecular weight excluding hydrogens is 434 g/mol. The third kappa shape index (κ3) is 4.01. The number of fused-ring (bicyclic) bond motifs is 2. The summed E-state index contributed by atoms with van der Waals surface area (Å²) in [6.07, 6.45) is 7.96. The maximum atomic E-state index is 13.2. The SMILES string of the molecule is O=C(N[C@H]1CCOc2ccccc21)C1=Cc2cccc(-c3cc(C4CC4)cc(C4CC4)c3)c2OC1. The van der Waals surface area contributed by atoms with E-state index < -0.39 is 0 Å². The minimum Gasteiger partial charge on any atom is -0.493 e. The summed E-state index contributed by atoms with van der Waals surface area (Å²) in [6.45, 7) is 0.880. The minimum absolute atomic E-state index is 0.0490. The highest BCUT2D eigenvalue weighted by Crippen LogP contribution is 2.48. The third-order valence-electron chi connectivity index (χ3n) is 7.69. The van der Waals surface area contributed by atoms with Gasteiger partial charge in [0.15, 0.2) is 0 Å². The molecule has 1 amide bonds. The van der Waals surface area contributed by atoms with Crippen LogP contribution in [0.4, 0.5) is 0 Å². The molecule has 2 fully saturated rings. The molecule has 4 aliphatic rings. The Morgan fingerprint density at radius 3 is 2.37 bits per heavy atom. The maximum Gasteiger partial charge on any atom is 0.251 e. The average Bonchev–Trinajstić information content (AvgIpc) is 3.81. The number of carbonyl (C=O) groups excluding carboxylic acids is 1. The molecule has 0 aromatic heterocycles. The Kier molecular flexibility index (Phi) is 4.93. The quantitative estimate of drug-likeness (QED) is 0.468. The number of amides is 1. The summed E-state index contributed by atoms with van der Waals surface area (Å²) in [4.78, 5) is 13.2. The molecule has 2 heterocycles. The lowest BCUT2D eigenvalue weighted by molar-refractivity contribution is -0.118. The molecule has 2 aliphatic carbocycles. The van der Waals surface area contributed by atoms with E-state index >= 15 is 0 Å². The van der Waals surface area contributed by atoms with Gasteiger partial charge in [-0.2, -0.15) is 0 Å². The Hall–Kier alpha value is -3.53. The first-order valence-electron chi connectivity index (χ1n) is 12.9. The van der Waals surface area contributed by atoms with Crippen LogP contribution in [-0.2, 0) is 4.79 Å². The molecule has 2 aliphatic heterocycles. The van der Waals surface area contributed by atoms with Crippen LogP contribution in [-0.4, -0.2) is 19.1 Å². The summed E-state index contributed by atoms with van der Waals surface area (Å²) in [6, 6.07) is 21.3. The van der Waals surface area contributed by atoms with Crippen molar-refractivity contribution in [3.05, 3.63) is 88.5 Å². The van der Waals surface area contributed by atoms with Crippen LogP contribution in [0.1, 0.15) is 72.2 Å². The van der Waals surface area contributed by atoms with E-state index in [1.807, 2.05) is 36.4 Å². The van der Waals surface area contributed by atoms with Crippen LogP contribution in [0.15, 0.2) is 66.2 Å². The Morgan fingerprint density at radius 2 is 1.60 bits per heavy atom. The number of carbonyl (C=O) groups is 1. The van der Waals surface area contributed by atoms with Gasteiger partial charge in [-0.25, -0.2) is 0 Å². The van der Waals surface area contributed by atoms with Gasteiger partial charge < -0.3 is 14.8 Å². The molecule has 0 bridgehead atoms. The molecule has 4 nitrogen and oxygen atoms in total. The second kappa shape index (κ2) is 8.30. The number of benzene rings is 3. The Bertz CT molecular complexity index is 1320. The number of hydrogen-bond donors (Lipinski definition) is 1. The first kappa shape index (κ1) is 20.8. The number of ether oxygens (including phenoxy) is 2. The smallest absolute Gasteiger partial charge is 0.251 e. The standard InChI is InChI=1S/C31H29NO3/c33-31(32-28-12-13-34-29-7-2-1-5-27(28)29)25-14-21-4-3-6-26(30(21)35-18-25)24-16-22(19-8-9-19)15-23(17-24)20-10-11-20/h1-7,14-17,19-20,28H,8-13,18H2,(H,32,33)/t28-/m0/s1. The minimum atomic E-state index is -0.0745. The summed E-state index contributed by atoms with van der Waals surface area (Å²) < 4.78 is 12.0. The van der Waals surface area contributed by atoms with Crippen molar-refractivity contribution >= 4 is 12.0 Å². The van der Waals surface area contributed by atoms with Crippen molar-refractivity contribution < 1.29 is 14.3 Å². The van der Waals surface area contributed by atoms with E-state index in [-0.39, 0.29) is 18.6 Å². The highest BCUT2D eigenvalue weighted by molar-refractivity contribution is 6.00. The van der Waals surface area contributed by atoms with Crippen LogP contribution in [0.5, 0.6) is 11.5 Å². The van der Waals surface area contributed by atoms with E-state index in [1.54, 1.807) is 0 Å². The Morgan fingerprint density at radius 1 is 0.829 bits per heavy atom. The van der Waals surface area contributed by atoms with Crippen LogP contribution in [0, 0.1) is 0 Å². The molecule has 1 atom stereocenters. The molecule has 0 radical (unpaired) electrons. The van der Waals surface area contributed by atoms with E-state index in [9.17, 15) is 4.79 Å². The van der Waals surface area contributed by atoms with Crippen LogP contribution in [0.25, 0.3) is 17.2 Å². The molecule has 0 unspecified atom stereocenters. The average molecular weight is 464 g/mol. The van der Waals surface area contributed by atoms with Gasteiger partial charge in [0.1, 0.15) is 18.1 Å². The van der Waals surface area contributed by atoms with Crippen LogP contribution in [0.3, 0.4) is 0 Å². The fourth-order valence-corrected chi connectivity index (χ4v) is 5.45. The first-order valence-corrected chi connectivity index (χ1v) is 12.9. The lowest BCUT2D eigenvalue weighted by Crippen LogP contribution is -2.34. The maximum absolute atomic E-state index is 13.2. The van der Waals surface area contributed by atoms with Crippen LogP contribution in [0.2, 0.25) is 0 Å². The van der Waals surface area contributed by atoms with Gasteiger partial charge in [0, 0.05) is 23.1 Å². The molecule has 0 saturated heterocycles. The summed E-state index contributed by atoms with van der Waals surface area (Å²) in [5, 5.41) is 3.21. The molecule has 0 spiro atoms. The lowest BCUT2D eigenvalue weighted by atomic mass is 9.93. The molecule has 4 heteroatoms. The number of rotatable bonds is 5. The summed E-state index contributed by atoms with van der Waals surface area (Å²) in [7, 11) is 0. The summed E-state index contributed by atoms with van der Waals surface area (Å²) in [5.41, 5.74) is 7.98. The van der Waals surface area contributed by atoms with Gasteiger partial charge in [-0.1, -0.05) is 54.6 Å². The highest BCUT2D eigenvalue weighted by Gasteiger charge is 2.30. The zero-order valence-corrected chi connectivity index (χ0v) is 19.8. The van der Waals surface area contributed by atoms with E-state index in [1.165, 1.54) is 42.4 Å². The number of hydrogen-bond acceptors (Lipinski definition) is 3. The second-order valence-corrected chi connectivity index (χ2v) is 10.3. The Balaban J connectivity index is 1.18. The summed E-state index contributed by atoms with van der Waals surface area (Å²) in [5.74, 6) is 3.11. The molecule has 7 rings (SSSR count). The largest absolute Gasteiger partial charge is 0.493 e. The van der Waals surface area contributed by atoms with Crippen molar-refractivity contribution in [2.24, 2.45) is 0 Å². The monoisotopic (exact) mass is 463 g/mol. The van der Waals surface area contributed by atoms with E-state index in [0.29, 0.717) is 12.2 Å². The van der Waals surface area contributed by atoms with E-state index in [0.717, 1.165) is 46.4 Å². The molecule has 3 aromatic rings. The topological polar surface area (TPSA) is 47.6 Å². The van der Waals surface area contributed by atoms with Crippen LogP contribution >= 0.6 is 0 Å². The molecule has 2 saturated carbocycles. The normalized spacial score (nSPS) is 20.6. The van der Waals surface area contributed by atoms with Crippen molar-refractivity contribution in [1.29, 1.82) is 0 Å². The third-order valence-corrected chi connectivity index (χ3v) is 7.69. The van der Waals surface area contributed by atoms with Crippen LogP contribution < -0.4 is 14.8 Å². The number of nitrogens with one attached hydrogen (secondary N) is 1. The molecule has 3 aromatic carbocycles. The van der Waals surface area contributed by atoms with Crippen molar-refractivity contribution in [2.45, 2.75) is 50.0 Å². The predicted octanol–water partition coefficient (Wildman–Crippen LogP) is 6.52. The van der Waals surface area contributed by atoms with Gasteiger partial charge in [0.25, 0.3) is 5.91 Å². The van der Waals surface area contributed by atoms with Gasteiger partial charge in [-0.15, -0.1) is 0 Å². The Labute approximate surface area is 206 Å². The molecule has 35 heavy (non-hydrogen) atoms. The zero-order valence-electron chi connectivity index (χ0n) is 19.8. The molecule has 1 N–H and O–H groups in total. The zero-order chi connectivity index (χ0) is 23.4. The number of para-hydroxylation sites is 2.